The summed E-state index contributed by atoms with van der Waals surface area (Å²) in [5.41, 5.74) is 5.27. The molecule has 3 N–H and O–H groups in total. The minimum atomic E-state index is -1.44. The number of carboxylic acids is 1. The number of carbonyl (C=O) groups is 1. The highest BCUT2D eigenvalue weighted by molar-refractivity contribution is 6.69. The molecule has 5 heteroatoms. The van der Waals surface area contributed by atoms with Gasteiger partial charge in [-0.3, -0.25) is 4.79 Å². The first-order valence-electron chi connectivity index (χ1n) is 4.62. The van der Waals surface area contributed by atoms with Gasteiger partial charge in [0.2, 0.25) is 0 Å². The zero-order valence-corrected chi connectivity index (χ0v) is 9.99. The van der Waals surface area contributed by atoms with Gasteiger partial charge in [-0.2, -0.15) is 0 Å². The highest BCUT2D eigenvalue weighted by atomic mass is 28.4. The van der Waals surface area contributed by atoms with E-state index in [1.807, 2.05) is 0 Å². The predicted octanol–water partition coefficient (Wildman–Crippen LogP) is 1.20. The van der Waals surface area contributed by atoms with E-state index in [0.29, 0.717) is 13.0 Å². The van der Waals surface area contributed by atoms with Crippen molar-refractivity contribution in [3.05, 3.63) is 12.2 Å². The molecule has 14 heavy (non-hydrogen) atoms. The third-order valence-corrected chi connectivity index (χ3v) is 2.52. The Balaban J connectivity index is 3.59. The molecule has 0 rings (SSSR count). The van der Waals surface area contributed by atoms with E-state index >= 15 is 0 Å². The lowest BCUT2D eigenvalue weighted by molar-refractivity contribution is -0.137. The van der Waals surface area contributed by atoms with Crippen LogP contribution in [0.3, 0.4) is 0 Å². The molecule has 4 nitrogen and oxygen atoms in total. The largest absolute Gasteiger partial charge is 0.480 e. The summed E-state index contributed by atoms with van der Waals surface area (Å²) in [7, 11) is -1.44. The van der Waals surface area contributed by atoms with Crippen LogP contribution < -0.4 is 5.73 Å². The molecular weight excluding hydrogens is 198 g/mol. The Bertz CT molecular complexity index is 211. The van der Waals surface area contributed by atoms with Gasteiger partial charge < -0.3 is 15.3 Å². The highest BCUT2D eigenvalue weighted by Gasteiger charge is 2.12. The number of carboxylic acid groups (broad SMARTS) is 1. The summed E-state index contributed by atoms with van der Waals surface area (Å²) in [6, 6.07) is -0.901. The van der Waals surface area contributed by atoms with E-state index in [9.17, 15) is 4.79 Å². The SMILES string of the molecule is C[Si](C)(C)OCC/C=C\C(N)C(=O)O. The van der Waals surface area contributed by atoms with Crippen molar-refractivity contribution in [3.8, 4) is 0 Å². The van der Waals surface area contributed by atoms with E-state index in [2.05, 4.69) is 19.6 Å². The van der Waals surface area contributed by atoms with Crippen molar-refractivity contribution in [1.82, 2.24) is 0 Å². The molecule has 1 unspecified atom stereocenters. The van der Waals surface area contributed by atoms with Crippen molar-refractivity contribution >= 4 is 14.3 Å². The number of hydrogen-bond donors (Lipinski definition) is 2. The van der Waals surface area contributed by atoms with Gasteiger partial charge in [0.25, 0.3) is 0 Å². The van der Waals surface area contributed by atoms with Crippen molar-refractivity contribution in [2.75, 3.05) is 6.61 Å². The summed E-state index contributed by atoms with van der Waals surface area (Å²) < 4.78 is 5.57. The second-order valence-corrected chi connectivity index (χ2v) is 8.56. The fourth-order valence-corrected chi connectivity index (χ4v) is 1.49. The van der Waals surface area contributed by atoms with E-state index in [4.69, 9.17) is 15.3 Å². The van der Waals surface area contributed by atoms with Crippen molar-refractivity contribution in [2.24, 2.45) is 5.73 Å². The first-order valence-corrected chi connectivity index (χ1v) is 8.03. The minimum Gasteiger partial charge on any atom is -0.480 e. The van der Waals surface area contributed by atoms with Crippen LogP contribution in [0.4, 0.5) is 0 Å². The molecule has 0 saturated heterocycles. The zero-order chi connectivity index (χ0) is 11.2. The lowest BCUT2D eigenvalue weighted by Crippen LogP contribution is -2.27. The van der Waals surface area contributed by atoms with E-state index in [1.165, 1.54) is 6.08 Å². The van der Waals surface area contributed by atoms with E-state index in [1.54, 1.807) is 6.08 Å². The number of aliphatic carboxylic acids is 1. The average molecular weight is 217 g/mol. The Labute approximate surface area is 85.9 Å². The maximum Gasteiger partial charge on any atom is 0.324 e. The fourth-order valence-electron chi connectivity index (χ4n) is 0.758. The van der Waals surface area contributed by atoms with Gasteiger partial charge in [-0.25, -0.2) is 0 Å². The second kappa shape index (κ2) is 5.95. The Hall–Kier alpha value is -0.653. The molecule has 0 amide bonds. The molecule has 0 bridgehead atoms. The average Bonchev–Trinajstić information content (AvgIpc) is 2.01. The molecule has 0 saturated carbocycles. The topological polar surface area (TPSA) is 72.5 Å². The van der Waals surface area contributed by atoms with Crippen LogP contribution in [0.15, 0.2) is 12.2 Å². The van der Waals surface area contributed by atoms with Gasteiger partial charge in [0, 0.05) is 6.61 Å². The van der Waals surface area contributed by atoms with Gasteiger partial charge in [0.05, 0.1) is 0 Å². The number of rotatable bonds is 6. The predicted molar refractivity (Wildman–Crippen MR) is 58.7 cm³/mol. The molecule has 0 spiro atoms. The summed E-state index contributed by atoms with van der Waals surface area (Å²) in [6.07, 6.45) is 3.94. The van der Waals surface area contributed by atoms with E-state index in [0.717, 1.165) is 0 Å². The molecule has 0 aliphatic heterocycles. The third kappa shape index (κ3) is 7.97. The lowest BCUT2D eigenvalue weighted by Gasteiger charge is -2.15. The minimum absolute atomic E-state index is 0.637. The van der Waals surface area contributed by atoms with Crippen LogP contribution in [0.25, 0.3) is 0 Å². The molecule has 0 aromatic rings. The van der Waals surface area contributed by atoms with Crippen LogP contribution in [0.1, 0.15) is 6.42 Å². The van der Waals surface area contributed by atoms with Gasteiger partial charge in [0.15, 0.2) is 8.32 Å². The molecule has 1 atom stereocenters. The molecular formula is C9H19NO3Si. The summed E-state index contributed by atoms with van der Waals surface area (Å²) in [5.74, 6) is -1.01. The van der Waals surface area contributed by atoms with E-state index < -0.39 is 20.3 Å². The third-order valence-electron chi connectivity index (χ3n) is 1.45. The molecule has 82 valence electrons. The number of hydrogen-bond acceptors (Lipinski definition) is 3. The molecule has 0 heterocycles. The van der Waals surface area contributed by atoms with Crippen molar-refractivity contribution in [3.63, 3.8) is 0 Å². The van der Waals surface area contributed by atoms with Gasteiger partial charge in [-0.05, 0) is 26.1 Å². The first kappa shape index (κ1) is 13.3. The standard InChI is InChI=1S/C9H19NO3Si/c1-14(2,3)13-7-5-4-6-8(10)9(11)12/h4,6,8H,5,7,10H2,1-3H3,(H,11,12)/b6-4-. The van der Waals surface area contributed by atoms with Crippen molar-refractivity contribution < 1.29 is 14.3 Å². The summed E-state index contributed by atoms with van der Waals surface area (Å²) in [5, 5.41) is 8.47. The Kier molecular flexibility index (Phi) is 5.67. The van der Waals surface area contributed by atoms with Crippen molar-refractivity contribution in [1.29, 1.82) is 0 Å². The number of nitrogens with two attached hydrogens (primary N) is 1. The lowest BCUT2D eigenvalue weighted by atomic mass is 10.2. The molecule has 0 aliphatic rings. The van der Waals surface area contributed by atoms with Crippen LogP contribution in [-0.2, 0) is 9.22 Å². The van der Waals surface area contributed by atoms with Crippen LogP contribution in [0.5, 0.6) is 0 Å². The first-order chi connectivity index (χ1) is 6.33. The molecule has 0 aromatic carbocycles. The van der Waals surface area contributed by atoms with Gasteiger partial charge in [-0.15, -0.1) is 0 Å². The van der Waals surface area contributed by atoms with Crippen LogP contribution in [0, 0.1) is 0 Å². The van der Waals surface area contributed by atoms with Crippen LogP contribution in [-0.4, -0.2) is 32.0 Å². The summed E-state index contributed by atoms with van der Waals surface area (Å²) in [4.78, 5) is 10.3. The molecule has 0 fully saturated rings. The van der Waals surface area contributed by atoms with Gasteiger partial charge in [-0.1, -0.05) is 12.2 Å². The molecule has 0 aromatic heterocycles. The zero-order valence-electron chi connectivity index (χ0n) is 8.99. The van der Waals surface area contributed by atoms with Crippen LogP contribution >= 0.6 is 0 Å². The van der Waals surface area contributed by atoms with E-state index in [-0.39, 0.29) is 0 Å². The normalized spacial score (nSPS) is 14.6. The summed E-state index contributed by atoms with van der Waals surface area (Å²) in [6.45, 7) is 6.97. The summed E-state index contributed by atoms with van der Waals surface area (Å²) >= 11 is 0. The van der Waals surface area contributed by atoms with Gasteiger partial charge in [0.1, 0.15) is 6.04 Å². The highest BCUT2D eigenvalue weighted by Crippen LogP contribution is 2.03. The maximum atomic E-state index is 10.3. The fraction of sp³-hybridized carbons (Fsp3) is 0.667. The molecule has 0 radical (unpaired) electrons. The Morgan fingerprint density at radius 3 is 2.57 bits per heavy atom. The Morgan fingerprint density at radius 2 is 2.14 bits per heavy atom. The monoisotopic (exact) mass is 217 g/mol. The smallest absolute Gasteiger partial charge is 0.324 e. The Morgan fingerprint density at radius 1 is 1.57 bits per heavy atom. The maximum absolute atomic E-state index is 10.3. The quantitative estimate of drug-likeness (QED) is 0.398. The second-order valence-electron chi connectivity index (χ2n) is 4.04. The molecule has 0 aliphatic carbocycles. The van der Waals surface area contributed by atoms with Gasteiger partial charge >= 0.3 is 5.97 Å². The van der Waals surface area contributed by atoms with Crippen molar-refractivity contribution in [2.45, 2.75) is 32.1 Å². The van der Waals surface area contributed by atoms with Crippen LogP contribution in [0.2, 0.25) is 19.6 Å².